The number of ether oxygens (including phenoxy) is 4. The summed E-state index contributed by atoms with van der Waals surface area (Å²) in [4.78, 5) is 0. The number of hydrogen-bond acceptors (Lipinski definition) is 4. The highest BCUT2D eigenvalue weighted by atomic mass is 16.5. The Balaban J connectivity index is 0.888. The predicted molar refractivity (Wildman–Crippen MR) is 166 cm³/mol. The van der Waals surface area contributed by atoms with Crippen LogP contribution in [0.3, 0.4) is 0 Å². The third kappa shape index (κ3) is 12.4. The summed E-state index contributed by atoms with van der Waals surface area (Å²) in [6.45, 7) is 10.2. The summed E-state index contributed by atoms with van der Waals surface area (Å²) >= 11 is 0. The molecular formula is C36H64O4. The number of unbranched alkanes of at least 4 members (excludes halogenated alkanes) is 4. The molecular weight excluding hydrogens is 496 g/mol. The molecule has 0 aromatic heterocycles. The van der Waals surface area contributed by atoms with E-state index in [0.717, 1.165) is 95.5 Å². The van der Waals surface area contributed by atoms with Gasteiger partial charge in [0.05, 0.1) is 24.4 Å². The Hall–Kier alpha value is -0.420. The fourth-order valence-corrected chi connectivity index (χ4v) is 7.78. The van der Waals surface area contributed by atoms with E-state index in [1.807, 2.05) is 0 Å². The lowest BCUT2D eigenvalue weighted by molar-refractivity contribution is -0.0356. The van der Waals surface area contributed by atoms with Crippen molar-refractivity contribution in [3.05, 3.63) is 12.2 Å². The van der Waals surface area contributed by atoms with E-state index >= 15 is 0 Å². The molecule has 0 atom stereocenters. The van der Waals surface area contributed by atoms with Crippen LogP contribution in [-0.4, -0.2) is 50.8 Å². The SMILES string of the molecule is C=C1CCC(OCCCCCCOC2CCC(OCCCCOC3CCC(C4CCC(C)CC4)CC3)CC2)CC1. The summed E-state index contributed by atoms with van der Waals surface area (Å²) in [6, 6.07) is 0. The van der Waals surface area contributed by atoms with Crippen LogP contribution < -0.4 is 0 Å². The zero-order valence-electron chi connectivity index (χ0n) is 26.3. The topological polar surface area (TPSA) is 36.9 Å². The first-order valence-electron chi connectivity index (χ1n) is 17.8. The van der Waals surface area contributed by atoms with Gasteiger partial charge in [-0.2, -0.15) is 0 Å². The van der Waals surface area contributed by atoms with Gasteiger partial charge in [0.2, 0.25) is 0 Å². The Bertz CT molecular complexity index is 646. The molecule has 0 N–H and O–H groups in total. The molecule has 0 saturated heterocycles. The van der Waals surface area contributed by atoms with Crippen LogP contribution in [0.15, 0.2) is 12.2 Å². The van der Waals surface area contributed by atoms with Gasteiger partial charge in [0.25, 0.3) is 0 Å². The van der Waals surface area contributed by atoms with Crippen LogP contribution in [0.5, 0.6) is 0 Å². The van der Waals surface area contributed by atoms with Crippen molar-refractivity contribution < 1.29 is 18.9 Å². The molecule has 0 spiro atoms. The second-order valence-corrected chi connectivity index (χ2v) is 14.0. The van der Waals surface area contributed by atoms with Crippen molar-refractivity contribution in [2.75, 3.05) is 26.4 Å². The molecule has 40 heavy (non-hydrogen) atoms. The number of allylic oxidation sites excluding steroid dienone is 1. The van der Waals surface area contributed by atoms with E-state index in [1.165, 1.54) is 95.5 Å². The normalized spacial score (nSPS) is 32.4. The van der Waals surface area contributed by atoms with E-state index in [0.29, 0.717) is 24.4 Å². The zero-order valence-corrected chi connectivity index (χ0v) is 26.3. The minimum Gasteiger partial charge on any atom is -0.378 e. The van der Waals surface area contributed by atoms with Crippen LogP contribution in [0.25, 0.3) is 0 Å². The zero-order chi connectivity index (χ0) is 27.8. The van der Waals surface area contributed by atoms with E-state index in [9.17, 15) is 0 Å². The average Bonchev–Trinajstić information content (AvgIpc) is 2.98. The molecule has 0 aromatic rings. The second kappa shape index (κ2) is 19.0. The highest BCUT2D eigenvalue weighted by Gasteiger charge is 2.30. The van der Waals surface area contributed by atoms with Gasteiger partial charge in [0, 0.05) is 26.4 Å². The molecule has 0 heterocycles. The van der Waals surface area contributed by atoms with Crippen molar-refractivity contribution >= 4 is 0 Å². The average molecular weight is 561 g/mol. The Morgan fingerprint density at radius 2 is 0.775 bits per heavy atom. The molecule has 4 nitrogen and oxygen atoms in total. The summed E-state index contributed by atoms with van der Waals surface area (Å²) in [5, 5.41) is 0. The molecule has 0 aromatic carbocycles. The Labute approximate surface area is 247 Å². The van der Waals surface area contributed by atoms with E-state index in [4.69, 9.17) is 18.9 Å². The van der Waals surface area contributed by atoms with Crippen LogP contribution >= 0.6 is 0 Å². The maximum atomic E-state index is 6.26. The minimum absolute atomic E-state index is 0.445. The van der Waals surface area contributed by atoms with Gasteiger partial charge in [0.15, 0.2) is 0 Å². The van der Waals surface area contributed by atoms with Gasteiger partial charge in [-0.05, 0) is 133 Å². The summed E-state index contributed by atoms with van der Waals surface area (Å²) in [6.07, 6.45) is 29.7. The lowest BCUT2D eigenvalue weighted by Gasteiger charge is -2.37. The highest BCUT2D eigenvalue weighted by molar-refractivity contribution is 4.98. The first kappa shape index (κ1) is 32.5. The van der Waals surface area contributed by atoms with Crippen LogP contribution in [0.2, 0.25) is 0 Å². The van der Waals surface area contributed by atoms with E-state index < -0.39 is 0 Å². The first-order valence-corrected chi connectivity index (χ1v) is 17.8. The van der Waals surface area contributed by atoms with Gasteiger partial charge >= 0.3 is 0 Å². The highest BCUT2D eigenvalue weighted by Crippen LogP contribution is 2.40. The molecule has 4 fully saturated rings. The van der Waals surface area contributed by atoms with Gasteiger partial charge in [-0.25, -0.2) is 0 Å². The van der Waals surface area contributed by atoms with Crippen LogP contribution in [0.4, 0.5) is 0 Å². The van der Waals surface area contributed by atoms with Gasteiger partial charge < -0.3 is 18.9 Å². The van der Waals surface area contributed by atoms with Crippen molar-refractivity contribution in [2.24, 2.45) is 17.8 Å². The largest absolute Gasteiger partial charge is 0.378 e. The van der Waals surface area contributed by atoms with Crippen LogP contribution in [-0.2, 0) is 18.9 Å². The first-order chi connectivity index (χ1) is 19.7. The quantitative estimate of drug-likeness (QED) is 0.131. The molecule has 4 heteroatoms. The predicted octanol–water partition coefficient (Wildman–Crippen LogP) is 9.59. The molecule has 0 amide bonds. The maximum absolute atomic E-state index is 6.26. The second-order valence-electron chi connectivity index (χ2n) is 14.0. The number of hydrogen-bond donors (Lipinski definition) is 0. The Morgan fingerprint density at radius 1 is 0.450 bits per heavy atom. The molecule has 0 bridgehead atoms. The summed E-state index contributed by atoms with van der Waals surface area (Å²) in [5.74, 6) is 2.98. The van der Waals surface area contributed by atoms with Crippen molar-refractivity contribution in [3.8, 4) is 0 Å². The van der Waals surface area contributed by atoms with Crippen molar-refractivity contribution in [1.29, 1.82) is 0 Å². The molecule has 0 radical (unpaired) electrons. The Kier molecular flexibility index (Phi) is 15.4. The van der Waals surface area contributed by atoms with Gasteiger partial charge in [-0.1, -0.05) is 44.8 Å². The van der Waals surface area contributed by atoms with Gasteiger partial charge in [-0.15, -0.1) is 0 Å². The molecule has 4 saturated carbocycles. The third-order valence-electron chi connectivity index (χ3n) is 10.7. The molecule has 0 unspecified atom stereocenters. The van der Waals surface area contributed by atoms with Gasteiger partial charge in [-0.3, -0.25) is 0 Å². The summed E-state index contributed by atoms with van der Waals surface area (Å²) in [7, 11) is 0. The fraction of sp³-hybridized carbons (Fsp3) is 0.944. The fourth-order valence-electron chi connectivity index (χ4n) is 7.78. The number of rotatable bonds is 17. The van der Waals surface area contributed by atoms with E-state index in [2.05, 4.69) is 13.5 Å². The van der Waals surface area contributed by atoms with Crippen LogP contribution in [0.1, 0.15) is 148 Å². The standard InChI is InChI=1S/C36H64O4/c1-29-9-13-31(14-10-29)32-15-19-34(20-16-32)39-27-7-8-28-40-36-23-21-35(22-24-36)38-26-6-4-3-5-25-37-33-17-11-30(2)12-18-33/h29,31-36H,2-28H2,1H3. The minimum atomic E-state index is 0.445. The van der Waals surface area contributed by atoms with Crippen molar-refractivity contribution in [1.82, 2.24) is 0 Å². The maximum Gasteiger partial charge on any atom is 0.0581 e. The third-order valence-corrected chi connectivity index (χ3v) is 10.7. The molecule has 4 aliphatic carbocycles. The van der Waals surface area contributed by atoms with Crippen LogP contribution in [0, 0.1) is 17.8 Å². The Morgan fingerprint density at radius 3 is 1.20 bits per heavy atom. The van der Waals surface area contributed by atoms with E-state index in [-0.39, 0.29) is 0 Å². The van der Waals surface area contributed by atoms with Gasteiger partial charge in [0.1, 0.15) is 0 Å². The molecule has 4 aliphatic rings. The summed E-state index contributed by atoms with van der Waals surface area (Å²) in [5.41, 5.74) is 1.41. The van der Waals surface area contributed by atoms with E-state index in [1.54, 1.807) is 0 Å². The summed E-state index contributed by atoms with van der Waals surface area (Å²) < 4.78 is 24.7. The molecule has 0 aliphatic heterocycles. The lowest BCUT2D eigenvalue weighted by Crippen LogP contribution is -2.28. The smallest absolute Gasteiger partial charge is 0.0581 e. The molecule has 232 valence electrons. The monoisotopic (exact) mass is 560 g/mol. The molecule has 4 rings (SSSR count). The lowest BCUT2D eigenvalue weighted by atomic mass is 9.71. The van der Waals surface area contributed by atoms with Crippen molar-refractivity contribution in [2.45, 2.75) is 173 Å². The van der Waals surface area contributed by atoms with Crippen molar-refractivity contribution in [3.63, 3.8) is 0 Å².